The molecule has 1 fully saturated rings. The number of hydrogen-bond donors (Lipinski definition) is 0. The zero-order chi connectivity index (χ0) is 16.3. The van der Waals surface area contributed by atoms with Crippen molar-refractivity contribution in [1.82, 2.24) is 0 Å². The minimum Gasteiger partial charge on any atom is -0.419 e. The van der Waals surface area contributed by atoms with Gasteiger partial charge in [-0.25, -0.2) is 8.42 Å². The maximum absolute atomic E-state index is 12.1. The monoisotopic (exact) mass is 327 g/mol. The van der Waals surface area contributed by atoms with Gasteiger partial charge < -0.3 is 4.74 Å². The zero-order valence-electron chi connectivity index (χ0n) is 12.1. The van der Waals surface area contributed by atoms with Gasteiger partial charge in [0.25, 0.3) is 0 Å². The van der Waals surface area contributed by atoms with E-state index in [1.807, 2.05) is 0 Å². The molecule has 8 heteroatoms. The highest BCUT2D eigenvalue weighted by atomic mass is 32.2. The van der Waals surface area contributed by atoms with E-state index in [0.717, 1.165) is 37.7 Å². The van der Waals surface area contributed by atoms with Gasteiger partial charge in [0.1, 0.15) is 0 Å². The summed E-state index contributed by atoms with van der Waals surface area (Å²) >= 11 is 0. The third-order valence-electron chi connectivity index (χ3n) is 3.70. The van der Waals surface area contributed by atoms with Gasteiger partial charge in [0.05, 0.1) is 15.7 Å². The predicted molar refractivity (Wildman–Crippen MR) is 78.4 cm³/mol. The van der Waals surface area contributed by atoms with E-state index in [-0.39, 0.29) is 16.6 Å². The van der Waals surface area contributed by atoms with E-state index in [1.54, 1.807) is 0 Å². The quantitative estimate of drug-likeness (QED) is 0.364. The minimum absolute atomic E-state index is 0.184. The Morgan fingerprint density at radius 1 is 1.27 bits per heavy atom. The summed E-state index contributed by atoms with van der Waals surface area (Å²) in [6.07, 6.45) is 5.35. The SMILES string of the molecule is CS(=O)(=O)c1ccc(OC(=O)C2CCCCC2)c([N+](=O)[O-])c1. The van der Waals surface area contributed by atoms with Crippen molar-refractivity contribution in [1.29, 1.82) is 0 Å². The van der Waals surface area contributed by atoms with Crippen molar-refractivity contribution < 1.29 is 22.9 Å². The molecule has 120 valence electrons. The van der Waals surface area contributed by atoms with E-state index in [4.69, 9.17) is 4.74 Å². The van der Waals surface area contributed by atoms with Gasteiger partial charge in [-0.2, -0.15) is 0 Å². The Morgan fingerprint density at radius 3 is 2.45 bits per heavy atom. The van der Waals surface area contributed by atoms with Crippen LogP contribution in [0.1, 0.15) is 32.1 Å². The van der Waals surface area contributed by atoms with E-state index in [1.165, 1.54) is 6.07 Å². The average molecular weight is 327 g/mol. The molecule has 0 N–H and O–H groups in total. The maximum Gasteiger partial charge on any atom is 0.314 e. The molecule has 1 saturated carbocycles. The lowest BCUT2D eigenvalue weighted by atomic mass is 9.89. The van der Waals surface area contributed by atoms with E-state index >= 15 is 0 Å². The van der Waals surface area contributed by atoms with Crippen molar-refractivity contribution in [3.05, 3.63) is 28.3 Å². The normalized spacial score (nSPS) is 16.2. The third-order valence-corrected chi connectivity index (χ3v) is 4.81. The van der Waals surface area contributed by atoms with Crippen molar-refractivity contribution in [2.45, 2.75) is 37.0 Å². The van der Waals surface area contributed by atoms with Gasteiger partial charge in [0, 0.05) is 12.3 Å². The van der Waals surface area contributed by atoms with Crippen molar-refractivity contribution in [3.63, 3.8) is 0 Å². The first-order chi connectivity index (χ1) is 10.3. The van der Waals surface area contributed by atoms with Gasteiger partial charge in [-0.3, -0.25) is 14.9 Å². The summed E-state index contributed by atoms with van der Waals surface area (Å²) in [6.45, 7) is 0. The number of carbonyl (C=O) groups is 1. The number of nitro benzene ring substituents is 1. The molecule has 1 aliphatic rings. The second-order valence-corrected chi connectivity index (χ2v) is 7.43. The van der Waals surface area contributed by atoms with Gasteiger partial charge in [0.15, 0.2) is 9.84 Å². The molecule has 7 nitrogen and oxygen atoms in total. The Labute approximate surface area is 128 Å². The number of benzene rings is 1. The van der Waals surface area contributed by atoms with Crippen LogP contribution in [0.25, 0.3) is 0 Å². The van der Waals surface area contributed by atoms with Crippen LogP contribution in [0.4, 0.5) is 5.69 Å². The molecule has 1 aromatic carbocycles. The first-order valence-electron chi connectivity index (χ1n) is 6.99. The Hall–Kier alpha value is -1.96. The van der Waals surface area contributed by atoms with Gasteiger partial charge in [-0.1, -0.05) is 19.3 Å². The largest absolute Gasteiger partial charge is 0.419 e. The molecule has 0 radical (unpaired) electrons. The number of ether oxygens (including phenoxy) is 1. The van der Waals surface area contributed by atoms with Crippen LogP contribution in [0.3, 0.4) is 0 Å². The Morgan fingerprint density at radius 2 is 1.91 bits per heavy atom. The molecule has 0 bridgehead atoms. The lowest BCUT2D eigenvalue weighted by Gasteiger charge is -2.19. The van der Waals surface area contributed by atoms with Crippen LogP contribution >= 0.6 is 0 Å². The maximum atomic E-state index is 12.1. The molecule has 1 aliphatic carbocycles. The summed E-state index contributed by atoms with van der Waals surface area (Å²) < 4.78 is 28.1. The van der Waals surface area contributed by atoms with Crippen LogP contribution in [0.2, 0.25) is 0 Å². The highest BCUT2D eigenvalue weighted by Crippen LogP contribution is 2.32. The standard InChI is InChI=1S/C14H17NO6S/c1-22(19,20)11-7-8-13(12(9-11)15(17)18)21-14(16)10-5-3-2-4-6-10/h7-10H,2-6H2,1H3. The molecule has 0 spiro atoms. The van der Waals surface area contributed by atoms with Crippen molar-refractivity contribution in [2.75, 3.05) is 6.26 Å². The Balaban J connectivity index is 2.26. The fraction of sp³-hybridized carbons (Fsp3) is 0.500. The molecule has 0 aliphatic heterocycles. The van der Waals surface area contributed by atoms with E-state index in [9.17, 15) is 23.3 Å². The van der Waals surface area contributed by atoms with Crippen molar-refractivity contribution in [3.8, 4) is 5.75 Å². The van der Waals surface area contributed by atoms with Crippen LogP contribution in [0.5, 0.6) is 5.75 Å². The summed E-state index contributed by atoms with van der Waals surface area (Å²) in [6, 6.07) is 3.28. The fourth-order valence-corrected chi connectivity index (χ4v) is 3.13. The van der Waals surface area contributed by atoms with Crippen LogP contribution in [0, 0.1) is 16.0 Å². The molecule has 0 unspecified atom stereocenters. The number of rotatable bonds is 4. The van der Waals surface area contributed by atoms with Crippen LogP contribution in [-0.2, 0) is 14.6 Å². The average Bonchev–Trinajstić information content (AvgIpc) is 2.47. The van der Waals surface area contributed by atoms with Crippen molar-refractivity contribution in [2.24, 2.45) is 5.92 Å². The summed E-state index contributed by atoms with van der Waals surface area (Å²) in [5, 5.41) is 11.1. The van der Waals surface area contributed by atoms with Crippen molar-refractivity contribution >= 4 is 21.5 Å². The molecule has 22 heavy (non-hydrogen) atoms. The summed E-state index contributed by atoms with van der Waals surface area (Å²) in [4.78, 5) is 22.2. The lowest BCUT2D eigenvalue weighted by Crippen LogP contribution is -2.23. The molecule has 2 rings (SSSR count). The molecule has 0 heterocycles. The molecule has 0 amide bonds. The van der Waals surface area contributed by atoms with E-state index in [0.29, 0.717) is 12.8 Å². The number of nitro groups is 1. The number of sulfone groups is 1. The smallest absolute Gasteiger partial charge is 0.314 e. The lowest BCUT2D eigenvalue weighted by molar-refractivity contribution is -0.385. The molecule has 0 atom stereocenters. The minimum atomic E-state index is -3.57. The number of carbonyl (C=O) groups excluding carboxylic acids is 1. The molecular formula is C14H17NO6S. The second-order valence-electron chi connectivity index (χ2n) is 5.41. The highest BCUT2D eigenvalue weighted by molar-refractivity contribution is 7.90. The summed E-state index contributed by atoms with van der Waals surface area (Å²) in [5.74, 6) is -0.953. The number of nitrogens with zero attached hydrogens (tertiary/aromatic N) is 1. The van der Waals surface area contributed by atoms with Crippen LogP contribution < -0.4 is 4.74 Å². The highest BCUT2D eigenvalue weighted by Gasteiger charge is 2.27. The Bertz CT molecular complexity index is 691. The van der Waals surface area contributed by atoms with Gasteiger partial charge in [-0.15, -0.1) is 0 Å². The van der Waals surface area contributed by atoms with Crippen LogP contribution in [0.15, 0.2) is 23.1 Å². The predicted octanol–water partition coefficient (Wildman–Crippen LogP) is 2.48. The van der Waals surface area contributed by atoms with Gasteiger partial charge in [0.2, 0.25) is 5.75 Å². The molecular weight excluding hydrogens is 310 g/mol. The summed E-state index contributed by atoms with van der Waals surface area (Å²) in [5.41, 5.74) is -0.521. The first kappa shape index (κ1) is 16.4. The zero-order valence-corrected chi connectivity index (χ0v) is 13.0. The molecule has 1 aromatic rings. The molecule has 0 aromatic heterocycles. The first-order valence-corrected chi connectivity index (χ1v) is 8.88. The second kappa shape index (κ2) is 6.43. The van der Waals surface area contributed by atoms with Crippen LogP contribution in [-0.4, -0.2) is 25.6 Å². The third kappa shape index (κ3) is 3.82. The molecule has 0 saturated heterocycles. The topological polar surface area (TPSA) is 104 Å². The van der Waals surface area contributed by atoms with E-state index in [2.05, 4.69) is 0 Å². The van der Waals surface area contributed by atoms with E-state index < -0.39 is 26.4 Å². The number of hydrogen-bond acceptors (Lipinski definition) is 6. The Kier molecular flexibility index (Phi) is 4.80. The summed E-state index contributed by atoms with van der Waals surface area (Å²) in [7, 11) is -3.57. The fourth-order valence-electron chi connectivity index (χ4n) is 2.49. The number of esters is 1. The van der Waals surface area contributed by atoms with Gasteiger partial charge >= 0.3 is 11.7 Å². The van der Waals surface area contributed by atoms with Gasteiger partial charge in [-0.05, 0) is 25.0 Å².